The van der Waals surface area contributed by atoms with Crippen molar-refractivity contribution in [3.05, 3.63) is 77.4 Å². The standard InChI is InChI=1S/C24H26O5/c1-27-21-11-6-17(7-12-21)16-29-24-15-22(28-2)13-9-19(24)5-3-4-18-8-10-20(25)14-23(18)26/h6-15,25-26H,3-5,16H2,1-2H3. The molecule has 0 fully saturated rings. The van der Waals surface area contributed by atoms with Crippen LogP contribution in [0, 0.1) is 0 Å². The Morgan fingerprint density at radius 3 is 2.07 bits per heavy atom. The van der Waals surface area contributed by atoms with Crippen LogP contribution in [0.5, 0.6) is 28.7 Å². The number of aromatic hydroxyl groups is 2. The fourth-order valence-corrected chi connectivity index (χ4v) is 3.12. The highest BCUT2D eigenvalue weighted by Crippen LogP contribution is 2.29. The molecule has 0 saturated carbocycles. The molecule has 0 aliphatic carbocycles. The first-order valence-electron chi connectivity index (χ1n) is 9.52. The van der Waals surface area contributed by atoms with E-state index in [2.05, 4.69) is 0 Å². The summed E-state index contributed by atoms with van der Waals surface area (Å²) in [5.74, 6) is 2.53. The zero-order valence-electron chi connectivity index (χ0n) is 16.7. The topological polar surface area (TPSA) is 68.2 Å². The van der Waals surface area contributed by atoms with Crippen LogP contribution in [0.3, 0.4) is 0 Å². The summed E-state index contributed by atoms with van der Waals surface area (Å²) in [6.07, 6.45) is 2.34. The van der Waals surface area contributed by atoms with Gasteiger partial charge in [0.25, 0.3) is 0 Å². The highest BCUT2D eigenvalue weighted by atomic mass is 16.5. The van der Waals surface area contributed by atoms with E-state index in [1.165, 1.54) is 6.07 Å². The molecular formula is C24H26O5. The Morgan fingerprint density at radius 2 is 1.38 bits per heavy atom. The Kier molecular flexibility index (Phi) is 6.85. The molecule has 0 spiro atoms. The van der Waals surface area contributed by atoms with Crippen molar-refractivity contribution in [1.82, 2.24) is 0 Å². The van der Waals surface area contributed by atoms with Gasteiger partial charge in [-0.3, -0.25) is 0 Å². The zero-order chi connectivity index (χ0) is 20.6. The number of methoxy groups -OCH3 is 2. The van der Waals surface area contributed by atoms with Crippen molar-refractivity contribution in [1.29, 1.82) is 0 Å². The van der Waals surface area contributed by atoms with Crippen molar-refractivity contribution in [3.63, 3.8) is 0 Å². The number of phenols is 2. The van der Waals surface area contributed by atoms with Crippen LogP contribution in [0.15, 0.2) is 60.7 Å². The third-order valence-corrected chi connectivity index (χ3v) is 4.79. The van der Waals surface area contributed by atoms with Crippen molar-refractivity contribution in [2.75, 3.05) is 14.2 Å². The summed E-state index contributed by atoms with van der Waals surface area (Å²) >= 11 is 0. The van der Waals surface area contributed by atoms with E-state index in [1.807, 2.05) is 42.5 Å². The van der Waals surface area contributed by atoms with Gasteiger partial charge in [-0.25, -0.2) is 0 Å². The quantitative estimate of drug-likeness (QED) is 0.542. The van der Waals surface area contributed by atoms with Crippen LogP contribution in [0.2, 0.25) is 0 Å². The first kappa shape index (κ1) is 20.4. The van der Waals surface area contributed by atoms with E-state index >= 15 is 0 Å². The van der Waals surface area contributed by atoms with Crippen molar-refractivity contribution in [2.45, 2.75) is 25.9 Å². The zero-order valence-corrected chi connectivity index (χ0v) is 16.7. The molecule has 0 heterocycles. The molecule has 0 saturated heterocycles. The fourth-order valence-electron chi connectivity index (χ4n) is 3.12. The lowest BCUT2D eigenvalue weighted by Crippen LogP contribution is -2.00. The summed E-state index contributed by atoms with van der Waals surface area (Å²) in [5, 5.41) is 19.4. The largest absolute Gasteiger partial charge is 0.508 e. The molecule has 0 aromatic heterocycles. The van der Waals surface area contributed by atoms with Gasteiger partial charge < -0.3 is 24.4 Å². The van der Waals surface area contributed by atoms with Crippen molar-refractivity contribution >= 4 is 0 Å². The van der Waals surface area contributed by atoms with Gasteiger partial charge in [0, 0.05) is 12.1 Å². The molecule has 2 N–H and O–H groups in total. The summed E-state index contributed by atoms with van der Waals surface area (Å²) < 4.78 is 16.6. The van der Waals surface area contributed by atoms with E-state index in [9.17, 15) is 10.2 Å². The highest BCUT2D eigenvalue weighted by molar-refractivity contribution is 5.42. The minimum absolute atomic E-state index is 0.0654. The number of ether oxygens (including phenoxy) is 3. The Morgan fingerprint density at radius 1 is 0.724 bits per heavy atom. The summed E-state index contributed by atoms with van der Waals surface area (Å²) in [5.41, 5.74) is 2.95. The number of aryl methyl sites for hydroxylation is 2. The van der Waals surface area contributed by atoms with Crippen LogP contribution in [-0.2, 0) is 19.4 Å². The second kappa shape index (κ2) is 9.73. The smallest absolute Gasteiger partial charge is 0.126 e. The molecule has 0 amide bonds. The predicted octanol–water partition coefficient (Wildman–Crippen LogP) is 4.87. The van der Waals surface area contributed by atoms with E-state index in [4.69, 9.17) is 14.2 Å². The molecule has 5 nitrogen and oxygen atoms in total. The Hall–Kier alpha value is -3.34. The van der Waals surface area contributed by atoms with Gasteiger partial charge in [-0.2, -0.15) is 0 Å². The Bertz CT molecular complexity index is 935. The third kappa shape index (κ3) is 5.57. The van der Waals surface area contributed by atoms with Crippen LogP contribution < -0.4 is 14.2 Å². The first-order chi connectivity index (χ1) is 14.1. The molecular weight excluding hydrogens is 368 g/mol. The monoisotopic (exact) mass is 394 g/mol. The minimum atomic E-state index is 0.0654. The van der Waals surface area contributed by atoms with Crippen molar-refractivity contribution in [2.24, 2.45) is 0 Å². The number of rotatable bonds is 9. The van der Waals surface area contributed by atoms with Crippen molar-refractivity contribution in [3.8, 4) is 28.7 Å². The van der Waals surface area contributed by atoms with Crippen LogP contribution in [0.1, 0.15) is 23.1 Å². The average Bonchev–Trinajstić information content (AvgIpc) is 2.74. The molecule has 3 rings (SSSR count). The maximum atomic E-state index is 9.95. The van der Waals surface area contributed by atoms with E-state index in [0.717, 1.165) is 46.8 Å². The summed E-state index contributed by atoms with van der Waals surface area (Å²) in [7, 11) is 3.28. The van der Waals surface area contributed by atoms with Crippen LogP contribution in [0.25, 0.3) is 0 Å². The number of hydrogen-bond acceptors (Lipinski definition) is 5. The molecule has 29 heavy (non-hydrogen) atoms. The van der Waals surface area contributed by atoms with E-state index < -0.39 is 0 Å². The van der Waals surface area contributed by atoms with E-state index in [1.54, 1.807) is 26.4 Å². The summed E-state index contributed by atoms with van der Waals surface area (Å²) in [6, 6.07) is 18.3. The average molecular weight is 394 g/mol. The number of phenolic OH excluding ortho intramolecular Hbond substituents is 2. The van der Waals surface area contributed by atoms with Crippen LogP contribution in [-0.4, -0.2) is 24.4 Å². The third-order valence-electron chi connectivity index (χ3n) is 4.79. The maximum absolute atomic E-state index is 9.95. The Balaban J connectivity index is 1.65. The predicted molar refractivity (Wildman–Crippen MR) is 112 cm³/mol. The molecule has 0 aliphatic rings. The molecule has 0 aliphatic heterocycles. The molecule has 0 bridgehead atoms. The van der Waals surface area contributed by atoms with E-state index in [0.29, 0.717) is 13.0 Å². The maximum Gasteiger partial charge on any atom is 0.126 e. The lowest BCUT2D eigenvalue weighted by Gasteiger charge is -2.14. The molecule has 3 aromatic rings. The van der Waals surface area contributed by atoms with Gasteiger partial charge in [0.1, 0.15) is 35.4 Å². The van der Waals surface area contributed by atoms with E-state index in [-0.39, 0.29) is 11.5 Å². The molecule has 5 heteroatoms. The first-order valence-corrected chi connectivity index (χ1v) is 9.52. The Labute approximate surface area is 171 Å². The minimum Gasteiger partial charge on any atom is -0.508 e. The van der Waals surface area contributed by atoms with Gasteiger partial charge in [-0.15, -0.1) is 0 Å². The lowest BCUT2D eigenvalue weighted by atomic mass is 10.0. The molecule has 0 unspecified atom stereocenters. The lowest BCUT2D eigenvalue weighted by molar-refractivity contribution is 0.300. The molecule has 152 valence electrons. The van der Waals surface area contributed by atoms with Gasteiger partial charge in [0.15, 0.2) is 0 Å². The molecule has 0 radical (unpaired) electrons. The van der Waals surface area contributed by atoms with Gasteiger partial charge >= 0.3 is 0 Å². The number of benzene rings is 3. The van der Waals surface area contributed by atoms with Gasteiger partial charge in [0.2, 0.25) is 0 Å². The fraction of sp³-hybridized carbons (Fsp3) is 0.250. The SMILES string of the molecule is COc1ccc(COc2cc(OC)ccc2CCCc2ccc(O)cc2O)cc1. The van der Waals surface area contributed by atoms with Crippen molar-refractivity contribution < 1.29 is 24.4 Å². The molecule has 0 atom stereocenters. The second-order valence-corrected chi connectivity index (χ2v) is 6.78. The van der Waals surface area contributed by atoms with Crippen LogP contribution in [0.4, 0.5) is 0 Å². The summed E-state index contributed by atoms with van der Waals surface area (Å²) in [6.45, 7) is 0.447. The molecule has 3 aromatic carbocycles. The highest BCUT2D eigenvalue weighted by Gasteiger charge is 2.09. The normalized spacial score (nSPS) is 10.6. The van der Waals surface area contributed by atoms with Gasteiger partial charge in [0.05, 0.1) is 14.2 Å². The van der Waals surface area contributed by atoms with Gasteiger partial charge in [-0.1, -0.05) is 24.3 Å². The van der Waals surface area contributed by atoms with Crippen LogP contribution >= 0.6 is 0 Å². The van der Waals surface area contributed by atoms with Gasteiger partial charge in [-0.05, 0) is 60.2 Å². The summed E-state index contributed by atoms with van der Waals surface area (Å²) in [4.78, 5) is 0. The second-order valence-electron chi connectivity index (χ2n) is 6.78. The number of hydrogen-bond donors (Lipinski definition) is 2.